The summed E-state index contributed by atoms with van der Waals surface area (Å²) in [5, 5.41) is 11.2. The van der Waals surface area contributed by atoms with E-state index in [2.05, 4.69) is 15.5 Å². The second-order valence-corrected chi connectivity index (χ2v) is 10.5. The lowest BCUT2D eigenvalue weighted by atomic mass is 10.1. The van der Waals surface area contributed by atoms with Gasteiger partial charge in [0.1, 0.15) is 0 Å². The first kappa shape index (κ1) is 22.5. The molecule has 10 heteroatoms. The zero-order valence-electron chi connectivity index (χ0n) is 17.9. The smallest absolute Gasteiger partial charge is 0.277 e. The molecule has 0 bridgehead atoms. The Kier molecular flexibility index (Phi) is 6.63. The number of nitrogens with zero attached hydrogens (tertiary/aromatic N) is 3. The van der Waals surface area contributed by atoms with Crippen molar-refractivity contribution in [3.63, 3.8) is 0 Å². The average molecular weight is 473 g/mol. The Morgan fingerprint density at radius 2 is 1.81 bits per heavy atom. The topological polar surface area (TPSA) is 105 Å². The number of aryl methyl sites for hydroxylation is 2. The molecule has 3 aromatic rings. The minimum absolute atomic E-state index is 0.127. The fourth-order valence-electron chi connectivity index (χ4n) is 3.42. The summed E-state index contributed by atoms with van der Waals surface area (Å²) in [4.78, 5) is 12.5. The van der Waals surface area contributed by atoms with Crippen LogP contribution in [0.3, 0.4) is 0 Å². The Balaban J connectivity index is 1.37. The zero-order chi connectivity index (χ0) is 22.7. The Bertz CT molecular complexity index is 1220. The van der Waals surface area contributed by atoms with Crippen LogP contribution in [0.1, 0.15) is 24.0 Å². The van der Waals surface area contributed by atoms with Gasteiger partial charge in [-0.3, -0.25) is 4.79 Å². The van der Waals surface area contributed by atoms with Crippen molar-refractivity contribution in [2.45, 2.75) is 36.8 Å². The van der Waals surface area contributed by atoms with E-state index in [1.54, 1.807) is 24.3 Å². The first-order valence-electron chi connectivity index (χ1n) is 10.3. The number of amides is 1. The van der Waals surface area contributed by atoms with Gasteiger partial charge < -0.3 is 9.73 Å². The first-order chi connectivity index (χ1) is 15.3. The van der Waals surface area contributed by atoms with Crippen LogP contribution in [0.15, 0.2) is 57.0 Å². The van der Waals surface area contributed by atoms with E-state index in [9.17, 15) is 13.2 Å². The number of thioether (sulfide) groups is 1. The van der Waals surface area contributed by atoms with Crippen LogP contribution >= 0.6 is 11.8 Å². The average Bonchev–Trinajstić information content (AvgIpc) is 3.48. The lowest BCUT2D eigenvalue weighted by Gasteiger charge is -2.15. The summed E-state index contributed by atoms with van der Waals surface area (Å²) in [5.74, 6) is 0.231. The van der Waals surface area contributed by atoms with Crippen molar-refractivity contribution in [3.8, 4) is 11.5 Å². The molecule has 8 nitrogen and oxygen atoms in total. The van der Waals surface area contributed by atoms with E-state index < -0.39 is 10.0 Å². The number of rotatable bonds is 7. The minimum atomic E-state index is -3.46. The standard InChI is InChI=1S/C22H24N4O4S2/c1-15-5-6-16(2)19(13-15)23-20(27)14-31-22-25-24-21(30-22)17-7-9-18(10-8-17)32(28,29)26-11-3-4-12-26/h5-10,13H,3-4,11-12,14H2,1-2H3,(H,23,27). The van der Waals surface area contributed by atoms with Crippen molar-refractivity contribution >= 4 is 33.4 Å². The van der Waals surface area contributed by atoms with Crippen molar-refractivity contribution in [2.75, 3.05) is 24.2 Å². The van der Waals surface area contributed by atoms with Gasteiger partial charge in [0.25, 0.3) is 5.22 Å². The molecule has 0 spiro atoms. The van der Waals surface area contributed by atoms with E-state index >= 15 is 0 Å². The number of benzene rings is 2. The van der Waals surface area contributed by atoms with Gasteiger partial charge in [0.2, 0.25) is 21.8 Å². The van der Waals surface area contributed by atoms with Crippen LogP contribution < -0.4 is 5.32 Å². The van der Waals surface area contributed by atoms with Crippen molar-refractivity contribution < 1.29 is 17.6 Å². The molecule has 4 rings (SSSR count). The highest BCUT2D eigenvalue weighted by Gasteiger charge is 2.27. The van der Waals surface area contributed by atoms with Gasteiger partial charge in [-0.15, -0.1) is 10.2 Å². The van der Waals surface area contributed by atoms with E-state index in [0.29, 0.717) is 18.7 Å². The van der Waals surface area contributed by atoms with Gasteiger partial charge in [0.15, 0.2) is 0 Å². The van der Waals surface area contributed by atoms with Gasteiger partial charge in [-0.05, 0) is 68.1 Å². The quantitative estimate of drug-likeness (QED) is 0.520. The van der Waals surface area contributed by atoms with Gasteiger partial charge in [0.05, 0.1) is 10.6 Å². The van der Waals surface area contributed by atoms with Crippen LogP contribution in [0.25, 0.3) is 11.5 Å². The fourth-order valence-corrected chi connectivity index (χ4v) is 5.50. The molecular weight excluding hydrogens is 448 g/mol. The number of hydrogen-bond donors (Lipinski definition) is 1. The van der Waals surface area contributed by atoms with Gasteiger partial charge in [0, 0.05) is 24.3 Å². The third-order valence-corrected chi connectivity index (χ3v) is 7.94. The maximum absolute atomic E-state index is 12.6. The Morgan fingerprint density at radius 3 is 2.53 bits per heavy atom. The molecule has 1 aromatic heterocycles. The van der Waals surface area contributed by atoms with Crippen LogP contribution in [0.4, 0.5) is 5.69 Å². The zero-order valence-corrected chi connectivity index (χ0v) is 19.5. The molecule has 1 N–H and O–H groups in total. The molecule has 1 aliphatic heterocycles. The largest absolute Gasteiger partial charge is 0.411 e. The summed E-state index contributed by atoms with van der Waals surface area (Å²) in [6, 6.07) is 12.3. The predicted molar refractivity (Wildman–Crippen MR) is 123 cm³/mol. The fraction of sp³-hybridized carbons (Fsp3) is 0.318. The Labute approximate surface area is 191 Å². The van der Waals surface area contributed by atoms with Crippen molar-refractivity contribution in [2.24, 2.45) is 0 Å². The van der Waals surface area contributed by atoms with Crippen LogP contribution in [-0.2, 0) is 14.8 Å². The predicted octanol–water partition coefficient (Wildman–Crippen LogP) is 3.87. The van der Waals surface area contributed by atoms with Crippen LogP contribution in [0.5, 0.6) is 0 Å². The Morgan fingerprint density at radius 1 is 1.09 bits per heavy atom. The third kappa shape index (κ3) is 5.03. The highest BCUT2D eigenvalue weighted by Crippen LogP contribution is 2.26. The lowest BCUT2D eigenvalue weighted by molar-refractivity contribution is -0.113. The second kappa shape index (κ2) is 9.43. The molecule has 0 unspecified atom stereocenters. The van der Waals surface area contributed by atoms with Gasteiger partial charge in [-0.1, -0.05) is 23.9 Å². The minimum Gasteiger partial charge on any atom is -0.411 e. The van der Waals surface area contributed by atoms with E-state index in [1.165, 1.54) is 4.31 Å². The molecule has 1 amide bonds. The molecule has 168 valence electrons. The van der Waals surface area contributed by atoms with Crippen LogP contribution in [0, 0.1) is 13.8 Å². The summed E-state index contributed by atoms with van der Waals surface area (Å²) in [7, 11) is -3.46. The van der Waals surface area contributed by atoms with Crippen molar-refractivity contribution in [3.05, 3.63) is 53.6 Å². The van der Waals surface area contributed by atoms with Crippen molar-refractivity contribution in [1.82, 2.24) is 14.5 Å². The number of aromatic nitrogens is 2. The van der Waals surface area contributed by atoms with E-state index in [4.69, 9.17) is 4.42 Å². The molecule has 32 heavy (non-hydrogen) atoms. The maximum Gasteiger partial charge on any atom is 0.277 e. The van der Waals surface area contributed by atoms with Gasteiger partial charge in [-0.25, -0.2) is 8.42 Å². The monoisotopic (exact) mass is 472 g/mol. The van der Waals surface area contributed by atoms with Crippen molar-refractivity contribution in [1.29, 1.82) is 0 Å². The number of sulfonamides is 1. The summed E-state index contributed by atoms with van der Waals surface area (Å²) in [6.07, 6.45) is 1.78. The highest BCUT2D eigenvalue weighted by molar-refractivity contribution is 7.99. The van der Waals surface area contributed by atoms with Crippen LogP contribution in [0.2, 0.25) is 0 Å². The molecule has 2 heterocycles. The normalized spacial score (nSPS) is 14.6. The van der Waals surface area contributed by atoms with Gasteiger partial charge in [-0.2, -0.15) is 4.31 Å². The summed E-state index contributed by atoms with van der Waals surface area (Å²) < 4.78 is 32.4. The number of carbonyl (C=O) groups is 1. The lowest BCUT2D eigenvalue weighted by Crippen LogP contribution is -2.27. The molecule has 0 aliphatic carbocycles. The molecule has 1 saturated heterocycles. The van der Waals surface area contributed by atoms with Crippen LogP contribution in [-0.4, -0.2) is 47.7 Å². The number of nitrogens with one attached hydrogen (secondary N) is 1. The summed E-state index contributed by atoms with van der Waals surface area (Å²) >= 11 is 1.14. The highest BCUT2D eigenvalue weighted by atomic mass is 32.2. The molecule has 1 aliphatic rings. The SMILES string of the molecule is Cc1ccc(C)c(NC(=O)CSc2nnc(-c3ccc(S(=O)(=O)N4CCCC4)cc3)o2)c1. The number of anilines is 1. The first-order valence-corrected chi connectivity index (χ1v) is 12.7. The summed E-state index contributed by atoms with van der Waals surface area (Å²) in [6.45, 7) is 5.03. The molecular formula is C22H24N4O4S2. The number of carbonyl (C=O) groups excluding carboxylic acids is 1. The summed E-state index contributed by atoms with van der Waals surface area (Å²) in [5.41, 5.74) is 3.46. The third-order valence-electron chi connectivity index (χ3n) is 5.20. The Hall–Kier alpha value is -2.69. The number of hydrogen-bond acceptors (Lipinski definition) is 7. The molecule has 0 saturated carbocycles. The second-order valence-electron chi connectivity index (χ2n) is 7.66. The molecule has 0 atom stereocenters. The maximum atomic E-state index is 12.6. The molecule has 0 radical (unpaired) electrons. The van der Waals surface area contributed by atoms with Gasteiger partial charge >= 0.3 is 0 Å². The molecule has 2 aromatic carbocycles. The van der Waals surface area contributed by atoms with E-state index in [1.807, 2.05) is 32.0 Å². The van der Waals surface area contributed by atoms with E-state index in [0.717, 1.165) is 41.4 Å². The molecule has 1 fully saturated rings. The van der Waals surface area contributed by atoms with E-state index in [-0.39, 0.29) is 27.7 Å².